The van der Waals surface area contributed by atoms with Gasteiger partial charge in [-0.15, -0.1) is 10.2 Å². The van der Waals surface area contributed by atoms with Crippen LogP contribution in [-0.4, -0.2) is 33.2 Å². The van der Waals surface area contributed by atoms with Crippen LogP contribution in [0.25, 0.3) is 11.4 Å². The van der Waals surface area contributed by atoms with Crippen LogP contribution >= 0.6 is 0 Å². The molecule has 0 aliphatic carbocycles. The highest BCUT2D eigenvalue weighted by molar-refractivity contribution is 5.92. The number of likely N-dealkylation sites (N-methyl/N-ethyl adjacent to an activating group) is 1. The zero-order chi connectivity index (χ0) is 16.9. The molecule has 1 aromatic heterocycles. The Balaban J connectivity index is 1.70. The van der Waals surface area contributed by atoms with Gasteiger partial charge in [0.1, 0.15) is 6.54 Å². The van der Waals surface area contributed by atoms with Crippen LogP contribution in [0.2, 0.25) is 0 Å². The smallest absolute Gasteiger partial charge is 0.250 e. The summed E-state index contributed by atoms with van der Waals surface area (Å²) in [6, 6.07) is 17.5. The van der Waals surface area contributed by atoms with Gasteiger partial charge >= 0.3 is 0 Å². The molecule has 0 radical (unpaired) electrons. The summed E-state index contributed by atoms with van der Waals surface area (Å²) < 4.78 is 0. The number of aromatic nitrogens is 4. The molecule has 3 rings (SSSR count). The van der Waals surface area contributed by atoms with Crippen LogP contribution in [0.5, 0.6) is 0 Å². The lowest BCUT2D eigenvalue weighted by atomic mass is 10.1. The molecule has 6 heteroatoms. The zero-order valence-corrected chi connectivity index (χ0v) is 13.8. The van der Waals surface area contributed by atoms with Crippen LogP contribution in [0.4, 0.5) is 5.69 Å². The van der Waals surface area contributed by atoms with E-state index in [1.165, 1.54) is 10.4 Å². The molecule has 0 unspecified atom stereocenters. The summed E-state index contributed by atoms with van der Waals surface area (Å²) in [5.74, 6) is 0.416. The van der Waals surface area contributed by atoms with Gasteiger partial charge in [0.25, 0.3) is 0 Å². The Kier molecular flexibility index (Phi) is 4.65. The third-order valence-electron chi connectivity index (χ3n) is 3.87. The quantitative estimate of drug-likeness (QED) is 0.724. The highest BCUT2D eigenvalue weighted by Crippen LogP contribution is 2.15. The van der Waals surface area contributed by atoms with E-state index in [2.05, 4.69) is 22.3 Å². The van der Waals surface area contributed by atoms with Crippen molar-refractivity contribution in [3.05, 3.63) is 60.2 Å². The molecule has 0 saturated carbocycles. The van der Waals surface area contributed by atoms with Gasteiger partial charge in [-0.3, -0.25) is 4.79 Å². The number of aryl methyl sites for hydroxylation is 1. The maximum Gasteiger partial charge on any atom is 0.250 e. The molecule has 1 amide bonds. The minimum atomic E-state index is -0.105. The van der Waals surface area contributed by atoms with Gasteiger partial charge in [0, 0.05) is 18.3 Å². The van der Waals surface area contributed by atoms with Crippen molar-refractivity contribution in [3.8, 4) is 11.4 Å². The van der Waals surface area contributed by atoms with E-state index in [1.807, 2.05) is 54.6 Å². The molecule has 6 nitrogen and oxygen atoms in total. The Morgan fingerprint density at radius 1 is 1.08 bits per heavy atom. The molecule has 0 saturated heterocycles. The van der Waals surface area contributed by atoms with Gasteiger partial charge in [-0.05, 0) is 29.3 Å². The number of tetrazole rings is 1. The predicted octanol–water partition coefficient (Wildman–Crippen LogP) is 2.57. The van der Waals surface area contributed by atoms with Crippen molar-refractivity contribution in [3.63, 3.8) is 0 Å². The molecule has 0 fully saturated rings. The van der Waals surface area contributed by atoms with Gasteiger partial charge in [0.2, 0.25) is 11.7 Å². The molecule has 122 valence electrons. The van der Waals surface area contributed by atoms with E-state index >= 15 is 0 Å². The molecule has 0 aliphatic rings. The van der Waals surface area contributed by atoms with Crippen LogP contribution in [0.15, 0.2) is 54.6 Å². The van der Waals surface area contributed by atoms with Gasteiger partial charge in [0.15, 0.2) is 0 Å². The number of nitrogens with zero attached hydrogens (tertiary/aromatic N) is 5. The van der Waals surface area contributed by atoms with E-state index in [-0.39, 0.29) is 12.5 Å². The van der Waals surface area contributed by atoms with E-state index in [0.717, 1.165) is 17.7 Å². The number of amides is 1. The summed E-state index contributed by atoms with van der Waals surface area (Å²) in [5.41, 5.74) is 2.98. The standard InChI is InChI=1S/C18H19N5O/c1-3-14-9-11-15(12-10-14)18-19-21-23(20-18)13-17(24)22(2)16-7-5-4-6-8-16/h4-12H,3,13H2,1-2H3. The normalized spacial score (nSPS) is 10.6. The maximum atomic E-state index is 12.3. The Labute approximate surface area is 140 Å². The van der Waals surface area contributed by atoms with Gasteiger partial charge in [-0.1, -0.05) is 49.4 Å². The third kappa shape index (κ3) is 3.48. The molecule has 0 atom stereocenters. The minimum Gasteiger partial charge on any atom is -0.314 e. The molecular weight excluding hydrogens is 302 g/mol. The summed E-state index contributed by atoms with van der Waals surface area (Å²) in [5, 5.41) is 12.3. The summed E-state index contributed by atoms with van der Waals surface area (Å²) in [6.07, 6.45) is 0.987. The van der Waals surface area contributed by atoms with Crippen LogP contribution in [0.1, 0.15) is 12.5 Å². The molecule has 0 spiro atoms. The van der Waals surface area contributed by atoms with Crippen LogP contribution in [0, 0.1) is 0 Å². The molecule has 2 aromatic carbocycles. The topological polar surface area (TPSA) is 63.9 Å². The van der Waals surface area contributed by atoms with Crippen molar-refractivity contribution >= 4 is 11.6 Å². The minimum absolute atomic E-state index is 0.0471. The highest BCUT2D eigenvalue weighted by atomic mass is 16.2. The van der Waals surface area contributed by atoms with Crippen molar-refractivity contribution in [2.75, 3.05) is 11.9 Å². The first-order chi connectivity index (χ1) is 11.7. The number of hydrogen-bond acceptors (Lipinski definition) is 4. The molecule has 3 aromatic rings. The van der Waals surface area contributed by atoms with Gasteiger partial charge in [-0.2, -0.15) is 4.80 Å². The highest BCUT2D eigenvalue weighted by Gasteiger charge is 2.14. The Morgan fingerprint density at radius 3 is 2.46 bits per heavy atom. The monoisotopic (exact) mass is 321 g/mol. The van der Waals surface area contributed by atoms with Gasteiger partial charge < -0.3 is 4.90 Å². The second-order valence-electron chi connectivity index (χ2n) is 5.48. The lowest BCUT2D eigenvalue weighted by Gasteiger charge is -2.16. The molecular formula is C18H19N5O. The molecule has 0 aliphatic heterocycles. The SMILES string of the molecule is CCc1ccc(-c2nnn(CC(=O)N(C)c3ccccc3)n2)cc1. The van der Waals surface area contributed by atoms with Crippen molar-refractivity contribution < 1.29 is 4.79 Å². The number of hydrogen-bond donors (Lipinski definition) is 0. The van der Waals surface area contributed by atoms with Crippen LogP contribution < -0.4 is 4.90 Å². The Morgan fingerprint density at radius 2 is 1.79 bits per heavy atom. The number of anilines is 1. The lowest BCUT2D eigenvalue weighted by molar-refractivity contribution is -0.119. The fourth-order valence-electron chi connectivity index (χ4n) is 2.34. The number of benzene rings is 2. The van der Waals surface area contributed by atoms with E-state index < -0.39 is 0 Å². The zero-order valence-electron chi connectivity index (χ0n) is 13.8. The van der Waals surface area contributed by atoms with Gasteiger partial charge in [0.05, 0.1) is 0 Å². The van der Waals surface area contributed by atoms with Crippen LogP contribution in [0.3, 0.4) is 0 Å². The Bertz CT molecular complexity index is 811. The lowest BCUT2D eigenvalue weighted by Crippen LogP contribution is -2.30. The number of para-hydroxylation sites is 1. The third-order valence-corrected chi connectivity index (χ3v) is 3.87. The van der Waals surface area contributed by atoms with E-state index in [0.29, 0.717) is 5.82 Å². The van der Waals surface area contributed by atoms with Gasteiger partial charge in [-0.25, -0.2) is 0 Å². The van der Waals surface area contributed by atoms with Crippen molar-refractivity contribution in [1.29, 1.82) is 0 Å². The summed E-state index contributed by atoms with van der Waals surface area (Å²) in [4.78, 5) is 15.2. The molecule has 0 bridgehead atoms. The van der Waals surface area contributed by atoms with Crippen molar-refractivity contribution in [2.45, 2.75) is 19.9 Å². The first-order valence-electron chi connectivity index (χ1n) is 7.86. The maximum absolute atomic E-state index is 12.3. The van der Waals surface area contributed by atoms with Crippen molar-refractivity contribution in [1.82, 2.24) is 20.2 Å². The molecule has 1 heterocycles. The summed E-state index contributed by atoms with van der Waals surface area (Å²) >= 11 is 0. The largest absolute Gasteiger partial charge is 0.314 e. The fraction of sp³-hybridized carbons (Fsp3) is 0.222. The Hall–Kier alpha value is -3.02. The van der Waals surface area contributed by atoms with Crippen molar-refractivity contribution in [2.24, 2.45) is 0 Å². The summed E-state index contributed by atoms with van der Waals surface area (Å²) in [6.45, 7) is 2.16. The fourth-order valence-corrected chi connectivity index (χ4v) is 2.34. The molecule has 24 heavy (non-hydrogen) atoms. The number of rotatable bonds is 5. The average Bonchev–Trinajstić information content (AvgIpc) is 3.10. The second-order valence-corrected chi connectivity index (χ2v) is 5.48. The second kappa shape index (κ2) is 7.04. The number of carbonyl (C=O) groups is 1. The first kappa shape index (κ1) is 15.9. The van der Waals surface area contributed by atoms with E-state index in [4.69, 9.17) is 0 Å². The average molecular weight is 321 g/mol. The first-order valence-corrected chi connectivity index (χ1v) is 7.86. The molecule has 0 N–H and O–H groups in total. The summed E-state index contributed by atoms with van der Waals surface area (Å²) in [7, 11) is 1.74. The van der Waals surface area contributed by atoms with Crippen LogP contribution in [-0.2, 0) is 17.8 Å². The van der Waals surface area contributed by atoms with E-state index in [1.54, 1.807) is 11.9 Å². The van der Waals surface area contributed by atoms with E-state index in [9.17, 15) is 4.79 Å². The number of carbonyl (C=O) groups excluding carboxylic acids is 1. The predicted molar refractivity (Wildman–Crippen MR) is 92.5 cm³/mol.